The molecule has 3 heteroatoms. The van der Waals surface area contributed by atoms with Crippen LogP contribution in [-0.2, 0) is 0 Å². The summed E-state index contributed by atoms with van der Waals surface area (Å²) < 4.78 is 6.49. The largest absolute Gasteiger partial charge is 0.496 e. The number of aryl methyl sites for hydroxylation is 2. The fourth-order valence-electron chi connectivity index (χ4n) is 2.58. The summed E-state index contributed by atoms with van der Waals surface area (Å²) in [6.07, 6.45) is 0. The molecule has 0 aliphatic rings. The first-order chi connectivity index (χ1) is 10.1. The van der Waals surface area contributed by atoms with Crippen molar-refractivity contribution in [2.45, 2.75) is 26.8 Å². The molecule has 0 amide bonds. The lowest BCUT2D eigenvalue weighted by atomic mass is 9.96. The molecule has 0 saturated carbocycles. The normalized spacial score (nSPS) is 12.2. The molecule has 1 atom stereocenters. The van der Waals surface area contributed by atoms with Crippen LogP contribution >= 0.6 is 15.9 Å². The molecule has 0 aliphatic carbocycles. The number of nitrogens with one attached hydrogen (secondary N) is 1. The van der Waals surface area contributed by atoms with Crippen molar-refractivity contribution in [2.24, 2.45) is 0 Å². The molecule has 2 rings (SSSR count). The summed E-state index contributed by atoms with van der Waals surface area (Å²) in [6.45, 7) is 7.25. The Morgan fingerprint density at radius 1 is 1.14 bits per heavy atom. The molecule has 0 spiro atoms. The molecule has 1 N–H and O–H groups in total. The Hall–Kier alpha value is -1.32. The zero-order valence-electron chi connectivity index (χ0n) is 13.0. The number of rotatable bonds is 5. The summed E-state index contributed by atoms with van der Waals surface area (Å²) in [6, 6.07) is 13.0. The SMILES string of the molecule is CCNC(c1ccc(OC)c(C)c1)c1cc(C)ccc1Br. The van der Waals surface area contributed by atoms with Gasteiger partial charge < -0.3 is 10.1 Å². The van der Waals surface area contributed by atoms with Gasteiger partial charge in [0.05, 0.1) is 13.2 Å². The van der Waals surface area contributed by atoms with Gasteiger partial charge in [-0.15, -0.1) is 0 Å². The first-order valence-electron chi connectivity index (χ1n) is 7.20. The highest BCUT2D eigenvalue weighted by molar-refractivity contribution is 9.10. The first-order valence-corrected chi connectivity index (χ1v) is 8.00. The lowest BCUT2D eigenvalue weighted by molar-refractivity contribution is 0.411. The molecule has 1 unspecified atom stereocenters. The number of ether oxygens (including phenoxy) is 1. The van der Waals surface area contributed by atoms with Crippen LogP contribution in [0.5, 0.6) is 5.75 Å². The van der Waals surface area contributed by atoms with E-state index in [1.165, 1.54) is 16.7 Å². The number of methoxy groups -OCH3 is 1. The molecule has 0 saturated heterocycles. The average Bonchev–Trinajstić information content (AvgIpc) is 2.47. The predicted octanol–water partition coefficient (Wildman–Crippen LogP) is 4.77. The summed E-state index contributed by atoms with van der Waals surface area (Å²) in [7, 11) is 1.71. The summed E-state index contributed by atoms with van der Waals surface area (Å²) in [5.74, 6) is 0.928. The van der Waals surface area contributed by atoms with Gasteiger partial charge in [0.25, 0.3) is 0 Å². The van der Waals surface area contributed by atoms with Gasteiger partial charge in [-0.1, -0.05) is 52.7 Å². The third-order valence-corrected chi connectivity index (χ3v) is 4.35. The van der Waals surface area contributed by atoms with Gasteiger partial charge in [-0.2, -0.15) is 0 Å². The molecule has 0 fully saturated rings. The van der Waals surface area contributed by atoms with Crippen molar-refractivity contribution < 1.29 is 4.74 Å². The van der Waals surface area contributed by atoms with Crippen molar-refractivity contribution in [2.75, 3.05) is 13.7 Å². The Balaban J connectivity index is 2.48. The highest BCUT2D eigenvalue weighted by atomic mass is 79.9. The Bertz CT molecular complexity index is 625. The third-order valence-electron chi connectivity index (χ3n) is 3.62. The molecule has 0 radical (unpaired) electrons. The van der Waals surface area contributed by atoms with Gasteiger partial charge in [0.15, 0.2) is 0 Å². The molecular formula is C18H22BrNO. The van der Waals surface area contributed by atoms with Crippen LogP contribution < -0.4 is 10.1 Å². The number of hydrogen-bond donors (Lipinski definition) is 1. The molecule has 0 aromatic heterocycles. The van der Waals surface area contributed by atoms with Crippen molar-refractivity contribution >= 4 is 15.9 Å². The van der Waals surface area contributed by atoms with Gasteiger partial charge in [-0.05, 0) is 49.2 Å². The molecule has 112 valence electrons. The molecule has 2 aromatic rings. The van der Waals surface area contributed by atoms with Crippen LogP contribution in [0.1, 0.15) is 35.2 Å². The van der Waals surface area contributed by atoms with E-state index in [1.54, 1.807) is 7.11 Å². The Morgan fingerprint density at radius 3 is 2.52 bits per heavy atom. The van der Waals surface area contributed by atoms with Crippen LogP contribution in [0.25, 0.3) is 0 Å². The van der Waals surface area contributed by atoms with Crippen molar-refractivity contribution in [3.05, 3.63) is 63.1 Å². The number of hydrogen-bond acceptors (Lipinski definition) is 2. The topological polar surface area (TPSA) is 21.3 Å². The second-order valence-electron chi connectivity index (χ2n) is 5.24. The van der Waals surface area contributed by atoms with E-state index in [-0.39, 0.29) is 6.04 Å². The number of halogens is 1. The fourth-order valence-corrected chi connectivity index (χ4v) is 3.05. The summed E-state index contributed by atoms with van der Waals surface area (Å²) in [4.78, 5) is 0. The van der Waals surface area contributed by atoms with Crippen molar-refractivity contribution in [1.29, 1.82) is 0 Å². The Labute approximate surface area is 135 Å². The average molecular weight is 348 g/mol. The minimum absolute atomic E-state index is 0.175. The molecule has 21 heavy (non-hydrogen) atoms. The molecule has 2 nitrogen and oxygen atoms in total. The first kappa shape index (κ1) is 16.1. The predicted molar refractivity (Wildman–Crippen MR) is 92.1 cm³/mol. The van der Waals surface area contributed by atoms with Crippen molar-refractivity contribution in [3.8, 4) is 5.75 Å². The molecular weight excluding hydrogens is 326 g/mol. The smallest absolute Gasteiger partial charge is 0.121 e. The molecule has 2 aromatic carbocycles. The lowest BCUT2D eigenvalue weighted by Crippen LogP contribution is -2.22. The van der Waals surface area contributed by atoms with Crippen molar-refractivity contribution in [3.63, 3.8) is 0 Å². The van der Waals surface area contributed by atoms with Crippen LogP contribution in [0.4, 0.5) is 0 Å². The summed E-state index contributed by atoms with van der Waals surface area (Å²) in [5, 5.41) is 3.58. The maximum absolute atomic E-state index is 5.36. The van der Waals surface area contributed by atoms with Crippen LogP contribution in [0, 0.1) is 13.8 Å². The third kappa shape index (κ3) is 3.66. The minimum atomic E-state index is 0.175. The van der Waals surface area contributed by atoms with Crippen molar-refractivity contribution in [1.82, 2.24) is 5.32 Å². The summed E-state index contributed by atoms with van der Waals surface area (Å²) >= 11 is 3.68. The second-order valence-corrected chi connectivity index (χ2v) is 6.10. The Kier molecular flexibility index (Phi) is 5.43. The zero-order chi connectivity index (χ0) is 15.4. The Morgan fingerprint density at radius 2 is 1.90 bits per heavy atom. The summed E-state index contributed by atoms with van der Waals surface area (Å²) in [5.41, 5.74) is 4.94. The van der Waals surface area contributed by atoms with Crippen LogP contribution in [-0.4, -0.2) is 13.7 Å². The monoisotopic (exact) mass is 347 g/mol. The van der Waals surface area contributed by atoms with Gasteiger partial charge >= 0.3 is 0 Å². The van der Waals surface area contributed by atoms with Gasteiger partial charge in [0.1, 0.15) is 5.75 Å². The number of benzene rings is 2. The minimum Gasteiger partial charge on any atom is -0.496 e. The van der Waals surface area contributed by atoms with E-state index < -0.39 is 0 Å². The van der Waals surface area contributed by atoms with E-state index in [9.17, 15) is 0 Å². The van der Waals surface area contributed by atoms with E-state index in [4.69, 9.17) is 4.74 Å². The zero-order valence-corrected chi connectivity index (χ0v) is 14.6. The van der Waals surface area contributed by atoms with Crippen LogP contribution in [0.3, 0.4) is 0 Å². The van der Waals surface area contributed by atoms with Gasteiger partial charge in [0.2, 0.25) is 0 Å². The molecule has 0 aliphatic heterocycles. The maximum Gasteiger partial charge on any atom is 0.121 e. The van der Waals surface area contributed by atoms with E-state index in [0.29, 0.717) is 0 Å². The second kappa shape index (κ2) is 7.10. The standard InChI is InChI=1S/C18H22BrNO/c1-5-20-18(15-10-12(2)6-8-16(15)19)14-7-9-17(21-4)13(3)11-14/h6-11,18,20H,5H2,1-4H3. The van der Waals surface area contributed by atoms with Gasteiger partial charge in [0, 0.05) is 4.47 Å². The quantitative estimate of drug-likeness (QED) is 0.840. The lowest BCUT2D eigenvalue weighted by Gasteiger charge is -2.22. The fraction of sp³-hybridized carbons (Fsp3) is 0.333. The van der Waals surface area contributed by atoms with Crippen LogP contribution in [0.2, 0.25) is 0 Å². The highest BCUT2D eigenvalue weighted by Crippen LogP contribution is 2.31. The van der Waals surface area contributed by atoms with Crippen LogP contribution in [0.15, 0.2) is 40.9 Å². The maximum atomic E-state index is 5.36. The highest BCUT2D eigenvalue weighted by Gasteiger charge is 2.17. The molecule has 0 heterocycles. The van der Waals surface area contributed by atoms with E-state index >= 15 is 0 Å². The molecule has 0 bridgehead atoms. The van der Waals surface area contributed by atoms with E-state index in [0.717, 1.165) is 22.3 Å². The van der Waals surface area contributed by atoms with E-state index in [2.05, 4.69) is 72.3 Å². The van der Waals surface area contributed by atoms with Gasteiger partial charge in [-0.3, -0.25) is 0 Å². The van der Waals surface area contributed by atoms with Gasteiger partial charge in [-0.25, -0.2) is 0 Å². The van der Waals surface area contributed by atoms with E-state index in [1.807, 2.05) is 6.07 Å².